The van der Waals surface area contributed by atoms with Gasteiger partial charge in [0.25, 0.3) is 0 Å². The maximum Gasteiger partial charge on any atom is 0.140 e. The van der Waals surface area contributed by atoms with Crippen LogP contribution in [0.15, 0.2) is 48.0 Å². The van der Waals surface area contributed by atoms with Crippen LogP contribution in [0.4, 0.5) is 5.69 Å². The minimum absolute atomic E-state index is 0.772. The summed E-state index contributed by atoms with van der Waals surface area (Å²) < 4.78 is 0. The lowest BCUT2D eigenvalue weighted by Gasteiger charge is -1.97. The number of anilines is 1. The Morgan fingerprint density at radius 3 is 2.65 bits per heavy atom. The van der Waals surface area contributed by atoms with Crippen LogP contribution in [0.5, 0.6) is 0 Å². The Kier molecular flexibility index (Phi) is 2.42. The van der Waals surface area contributed by atoms with Crippen LogP contribution in [0.2, 0.25) is 0 Å². The van der Waals surface area contributed by atoms with E-state index < -0.39 is 0 Å². The molecular weight excluding hydrogens is 230 g/mol. The van der Waals surface area contributed by atoms with Gasteiger partial charge in [0.15, 0.2) is 0 Å². The average molecular weight is 241 g/mol. The Morgan fingerprint density at radius 1 is 1.12 bits per heavy atom. The number of hydrogen-bond donors (Lipinski definition) is 2. The minimum atomic E-state index is 0.772. The Bertz CT molecular complexity index is 608. The molecule has 0 aliphatic carbocycles. The summed E-state index contributed by atoms with van der Waals surface area (Å²) >= 11 is 1.63. The first-order valence-corrected chi connectivity index (χ1v) is 6.16. The van der Waals surface area contributed by atoms with E-state index in [1.54, 1.807) is 11.3 Å². The first-order valence-electron chi connectivity index (χ1n) is 5.28. The van der Waals surface area contributed by atoms with Gasteiger partial charge in [-0.2, -0.15) is 0 Å². The van der Waals surface area contributed by atoms with Crippen molar-refractivity contribution in [3.8, 4) is 22.0 Å². The number of aromatic nitrogens is 2. The molecule has 3 rings (SSSR count). The number of nitrogens with one attached hydrogen (secondary N) is 1. The van der Waals surface area contributed by atoms with Crippen LogP contribution < -0.4 is 5.73 Å². The molecule has 0 saturated heterocycles. The number of aromatic amines is 1. The molecule has 0 aliphatic heterocycles. The third-order valence-electron chi connectivity index (χ3n) is 2.54. The van der Waals surface area contributed by atoms with Gasteiger partial charge in [-0.15, -0.1) is 11.3 Å². The quantitative estimate of drug-likeness (QED) is 0.676. The topological polar surface area (TPSA) is 54.7 Å². The Balaban J connectivity index is 1.98. The van der Waals surface area contributed by atoms with Gasteiger partial charge in [-0.3, -0.25) is 0 Å². The Labute approximate surface area is 103 Å². The molecule has 2 heterocycles. The van der Waals surface area contributed by atoms with Gasteiger partial charge in [-0.05, 0) is 24.3 Å². The fourth-order valence-corrected chi connectivity index (χ4v) is 2.46. The molecule has 3 nitrogen and oxygen atoms in total. The lowest BCUT2D eigenvalue weighted by molar-refractivity contribution is 1.34. The molecule has 0 spiro atoms. The highest BCUT2D eigenvalue weighted by Gasteiger charge is 2.06. The SMILES string of the molecule is Nc1ccc(-c2csc(-c3ccc[nH]3)n2)cc1. The van der Waals surface area contributed by atoms with Crippen molar-refractivity contribution in [2.75, 3.05) is 5.73 Å². The number of thiazole rings is 1. The maximum absolute atomic E-state index is 5.66. The van der Waals surface area contributed by atoms with Gasteiger partial charge in [0, 0.05) is 22.8 Å². The van der Waals surface area contributed by atoms with Gasteiger partial charge >= 0.3 is 0 Å². The van der Waals surface area contributed by atoms with Crippen molar-refractivity contribution in [2.45, 2.75) is 0 Å². The molecule has 3 aromatic rings. The van der Waals surface area contributed by atoms with Gasteiger partial charge in [0.1, 0.15) is 5.01 Å². The van der Waals surface area contributed by atoms with Gasteiger partial charge in [0.2, 0.25) is 0 Å². The third kappa shape index (κ3) is 1.94. The second-order valence-electron chi connectivity index (χ2n) is 3.74. The summed E-state index contributed by atoms with van der Waals surface area (Å²) in [5, 5.41) is 3.06. The van der Waals surface area contributed by atoms with Crippen molar-refractivity contribution in [2.24, 2.45) is 0 Å². The molecule has 0 bridgehead atoms. The summed E-state index contributed by atoms with van der Waals surface area (Å²) in [6.45, 7) is 0. The Hall–Kier alpha value is -2.07. The van der Waals surface area contributed by atoms with Crippen molar-refractivity contribution in [1.29, 1.82) is 0 Å². The molecule has 3 N–H and O–H groups in total. The normalized spacial score (nSPS) is 10.6. The smallest absolute Gasteiger partial charge is 0.140 e. The second-order valence-corrected chi connectivity index (χ2v) is 4.60. The number of hydrogen-bond acceptors (Lipinski definition) is 3. The molecular formula is C13H11N3S. The van der Waals surface area contributed by atoms with Crippen molar-refractivity contribution >= 4 is 17.0 Å². The van der Waals surface area contributed by atoms with Crippen LogP contribution in [0.25, 0.3) is 22.0 Å². The molecule has 0 saturated carbocycles. The zero-order valence-electron chi connectivity index (χ0n) is 9.05. The van der Waals surface area contributed by atoms with Crippen LogP contribution in [0, 0.1) is 0 Å². The number of benzene rings is 1. The predicted molar refractivity (Wildman–Crippen MR) is 71.7 cm³/mol. The first kappa shape index (κ1) is 10.1. The average Bonchev–Trinajstić information content (AvgIpc) is 3.00. The van der Waals surface area contributed by atoms with Crippen LogP contribution in [-0.2, 0) is 0 Å². The van der Waals surface area contributed by atoms with E-state index in [9.17, 15) is 0 Å². The van der Waals surface area contributed by atoms with Crippen LogP contribution in [0.3, 0.4) is 0 Å². The molecule has 17 heavy (non-hydrogen) atoms. The molecule has 1 aromatic carbocycles. The second kappa shape index (κ2) is 4.07. The molecule has 0 radical (unpaired) electrons. The summed E-state index contributed by atoms with van der Waals surface area (Å²) in [6.07, 6.45) is 1.90. The molecule has 4 heteroatoms. The largest absolute Gasteiger partial charge is 0.399 e. The molecule has 0 fully saturated rings. The summed E-state index contributed by atoms with van der Waals surface area (Å²) in [5.74, 6) is 0. The third-order valence-corrected chi connectivity index (χ3v) is 3.41. The van der Waals surface area contributed by atoms with E-state index in [1.165, 1.54) is 0 Å². The highest BCUT2D eigenvalue weighted by atomic mass is 32.1. The fraction of sp³-hybridized carbons (Fsp3) is 0. The zero-order valence-corrected chi connectivity index (χ0v) is 9.87. The number of H-pyrrole nitrogens is 1. The monoisotopic (exact) mass is 241 g/mol. The summed E-state index contributed by atoms with van der Waals surface area (Å²) in [6, 6.07) is 11.8. The summed E-state index contributed by atoms with van der Waals surface area (Å²) in [7, 11) is 0. The minimum Gasteiger partial charge on any atom is -0.399 e. The summed E-state index contributed by atoms with van der Waals surface area (Å²) in [5.41, 5.74) is 9.57. The van der Waals surface area contributed by atoms with E-state index in [1.807, 2.05) is 42.6 Å². The van der Waals surface area contributed by atoms with E-state index in [2.05, 4.69) is 15.3 Å². The summed E-state index contributed by atoms with van der Waals surface area (Å²) in [4.78, 5) is 7.75. The maximum atomic E-state index is 5.66. The van der Waals surface area contributed by atoms with E-state index in [0.717, 1.165) is 27.6 Å². The standard InChI is InChI=1S/C13H11N3S/c14-10-5-3-9(4-6-10)12-8-17-13(16-12)11-2-1-7-15-11/h1-8,15H,14H2. The highest BCUT2D eigenvalue weighted by molar-refractivity contribution is 7.13. The highest BCUT2D eigenvalue weighted by Crippen LogP contribution is 2.28. The number of nitrogen functional groups attached to an aromatic ring is 1. The van der Waals surface area contributed by atoms with Crippen LogP contribution in [0.1, 0.15) is 0 Å². The molecule has 0 aliphatic rings. The van der Waals surface area contributed by atoms with Gasteiger partial charge in [-0.25, -0.2) is 4.98 Å². The molecule has 84 valence electrons. The zero-order chi connectivity index (χ0) is 11.7. The van der Waals surface area contributed by atoms with E-state index in [-0.39, 0.29) is 0 Å². The molecule has 0 amide bonds. The van der Waals surface area contributed by atoms with Crippen molar-refractivity contribution < 1.29 is 0 Å². The fourth-order valence-electron chi connectivity index (χ4n) is 1.65. The molecule has 2 aromatic heterocycles. The van der Waals surface area contributed by atoms with Crippen molar-refractivity contribution in [1.82, 2.24) is 9.97 Å². The van der Waals surface area contributed by atoms with Crippen LogP contribution >= 0.6 is 11.3 Å². The van der Waals surface area contributed by atoms with Gasteiger partial charge in [-0.1, -0.05) is 12.1 Å². The lowest BCUT2D eigenvalue weighted by Crippen LogP contribution is -1.84. The van der Waals surface area contributed by atoms with Gasteiger partial charge in [0.05, 0.1) is 11.4 Å². The van der Waals surface area contributed by atoms with Crippen molar-refractivity contribution in [3.63, 3.8) is 0 Å². The predicted octanol–water partition coefficient (Wildman–Crippen LogP) is 3.39. The molecule has 0 atom stereocenters. The van der Waals surface area contributed by atoms with Crippen LogP contribution in [-0.4, -0.2) is 9.97 Å². The van der Waals surface area contributed by atoms with Gasteiger partial charge < -0.3 is 10.7 Å². The number of nitrogens with two attached hydrogens (primary N) is 1. The number of nitrogens with zero attached hydrogens (tertiary/aromatic N) is 1. The lowest BCUT2D eigenvalue weighted by atomic mass is 10.1. The van der Waals surface area contributed by atoms with E-state index >= 15 is 0 Å². The van der Waals surface area contributed by atoms with E-state index in [4.69, 9.17) is 5.73 Å². The van der Waals surface area contributed by atoms with Crippen molar-refractivity contribution in [3.05, 3.63) is 48.0 Å². The van der Waals surface area contributed by atoms with E-state index in [0.29, 0.717) is 0 Å². The first-order chi connectivity index (χ1) is 8.33. The Morgan fingerprint density at radius 2 is 1.94 bits per heavy atom. The number of rotatable bonds is 2. The molecule has 0 unspecified atom stereocenters.